The number of carbonyl (C=O) groups is 2. The van der Waals surface area contributed by atoms with E-state index in [-0.39, 0.29) is 12.4 Å². The molecule has 136 valence electrons. The first-order valence-electron chi connectivity index (χ1n) is 7.96. The summed E-state index contributed by atoms with van der Waals surface area (Å²) in [7, 11) is 0. The van der Waals surface area contributed by atoms with Gasteiger partial charge in [-0.3, -0.25) is 0 Å². The van der Waals surface area contributed by atoms with Gasteiger partial charge in [0.25, 0.3) is 0 Å². The summed E-state index contributed by atoms with van der Waals surface area (Å²) >= 11 is 0. The number of carboxylic acids is 2. The molecule has 1 aliphatic rings. The number of ether oxygens (including phenoxy) is 3. The summed E-state index contributed by atoms with van der Waals surface area (Å²) in [6.07, 6.45) is 0. The average Bonchev–Trinajstić information content (AvgIpc) is 3.08. The van der Waals surface area contributed by atoms with Gasteiger partial charge in [0.05, 0.1) is 25.2 Å². The second-order valence-corrected chi connectivity index (χ2v) is 5.91. The summed E-state index contributed by atoms with van der Waals surface area (Å²) in [5.41, 5.74) is 0.722. The highest BCUT2D eigenvalue weighted by Crippen LogP contribution is 2.31. The van der Waals surface area contributed by atoms with E-state index in [0.29, 0.717) is 13.2 Å². The molecule has 1 heterocycles. The lowest BCUT2D eigenvalue weighted by Crippen LogP contribution is -2.30. The van der Waals surface area contributed by atoms with Crippen LogP contribution in [0.5, 0.6) is 5.75 Å². The Balaban J connectivity index is 1.76. The molecule has 2 aromatic carbocycles. The van der Waals surface area contributed by atoms with Crippen molar-refractivity contribution in [3.05, 3.63) is 64.7 Å². The minimum atomic E-state index is -1.61. The third-order valence-electron chi connectivity index (χ3n) is 4.13. The Morgan fingerprint density at radius 1 is 1.04 bits per heavy atom. The summed E-state index contributed by atoms with van der Waals surface area (Å²) in [4.78, 5) is 22.0. The molecule has 0 radical (unpaired) electrons. The third-order valence-corrected chi connectivity index (χ3v) is 4.13. The van der Waals surface area contributed by atoms with Crippen LogP contribution in [0, 0.1) is 0 Å². The van der Waals surface area contributed by atoms with Crippen LogP contribution in [0.15, 0.2) is 42.5 Å². The fraction of sp³-hybridized carbons (Fsp3) is 0.263. The maximum absolute atomic E-state index is 11.1. The van der Waals surface area contributed by atoms with Crippen molar-refractivity contribution in [3.63, 3.8) is 0 Å². The number of carboxylic acid groups (broad SMARTS) is 2. The topological polar surface area (TPSA) is 108 Å². The molecule has 3 rings (SSSR count). The summed E-state index contributed by atoms with van der Waals surface area (Å²) < 4.78 is 16.8. The van der Waals surface area contributed by atoms with Crippen molar-refractivity contribution in [2.75, 3.05) is 13.2 Å². The largest absolute Gasteiger partial charge is 0.545 e. The molecule has 7 nitrogen and oxygen atoms in total. The molecule has 0 aromatic heterocycles. The highest BCUT2D eigenvalue weighted by atomic mass is 16.7. The van der Waals surface area contributed by atoms with Gasteiger partial charge in [0.15, 0.2) is 5.79 Å². The molecule has 0 unspecified atom stereocenters. The van der Waals surface area contributed by atoms with Crippen molar-refractivity contribution >= 4 is 11.9 Å². The Bertz CT molecular complexity index is 838. The monoisotopic (exact) mass is 356 g/mol. The number of rotatable bonds is 6. The molecule has 7 heteroatoms. The molecule has 0 bridgehead atoms. The molecule has 0 saturated carbocycles. The molecule has 0 spiro atoms. The van der Waals surface area contributed by atoms with Gasteiger partial charge in [0.2, 0.25) is 0 Å². The fourth-order valence-corrected chi connectivity index (χ4v) is 2.75. The van der Waals surface area contributed by atoms with Gasteiger partial charge >= 0.3 is 0 Å². The van der Waals surface area contributed by atoms with Crippen LogP contribution in [-0.4, -0.2) is 25.2 Å². The zero-order valence-corrected chi connectivity index (χ0v) is 14.0. The maximum Gasteiger partial charge on any atom is 0.192 e. The van der Waals surface area contributed by atoms with Crippen molar-refractivity contribution in [2.24, 2.45) is 0 Å². The average molecular weight is 356 g/mol. The molecule has 1 fully saturated rings. The van der Waals surface area contributed by atoms with E-state index in [1.54, 1.807) is 0 Å². The smallest absolute Gasteiger partial charge is 0.192 e. The van der Waals surface area contributed by atoms with Crippen molar-refractivity contribution < 1.29 is 34.0 Å². The van der Waals surface area contributed by atoms with Gasteiger partial charge in [-0.05, 0) is 36.8 Å². The SMILES string of the molecule is CC1(c2cccc(COc3ccc(C(=O)[O-])c(C(=O)[O-])c3)c2)OCCO1. The van der Waals surface area contributed by atoms with Gasteiger partial charge in [-0.2, -0.15) is 0 Å². The first-order valence-corrected chi connectivity index (χ1v) is 7.96. The van der Waals surface area contributed by atoms with Crippen LogP contribution in [0.2, 0.25) is 0 Å². The van der Waals surface area contributed by atoms with Crippen LogP contribution < -0.4 is 14.9 Å². The van der Waals surface area contributed by atoms with Gasteiger partial charge in [-0.15, -0.1) is 0 Å². The van der Waals surface area contributed by atoms with Crippen LogP contribution in [0.4, 0.5) is 0 Å². The molecule has 0 amide bonds. The Morgan fingerprint density at radius 2 is 1.73 bits per heavy atom. The second kappa shape index (κ2) is 7.15. The van der Waals surface area contributed by atoms with E-state index in [2.05, 4.69) is 0 Å². The molecular weight excluding hydrogens is 340 g/mol. The van der Waals surface area contributed by atoms with Crippen molar-refractivity contribution in [3.8, 4) is 5.75 Å². The predicted octanol–water partition coefficient (Wildman–Crippen LogP) is 0.212. The predicted molar refractivity (Wildman–Crippen MR) is 85.1 cm³/mol. The minimum Gasteiger partial charge on any atom is -0.545 e. The molecule has 0 atom stereocenters. The molecule has 1 aliphatic heterocycles. The maximum atomic E-state index is 11.1. The highest BCUT2D eigenvalue weighted by molar-refractivity contribution is 6.00. The molecule has 1 saturated heterocycles. The van der Waals surface area contributed by atoms with Crippen LogP contribution in [-0.2, 0) is 21.9 Å². The van der Waals surface area contributed by atoms with Crippen molar-refractivity contribution in [1.82, 2.24) is 0 Å². The second-order valence-electron chi connectivity index (χ2n) is 5.91. The number of carbonyl (C=O) groups excluding carboxylic acids is 2. The number of hydrogen-bond acceptors (Lipinski definition) is 7. The Kier molecular flexibility index (Phi) is 4.92. The minimum absolute atomic E-state index is 0.154. The van der Waals surface area contributed by atoms with Gasteiger partial charge in [-0.1, -0.05) is 18.2 Å². The van der Waals surface area contributed by atoms with Crippen molar-refractivity contribution in [2.45, 2.75) is 19.3 Å². The Labute approximate surface area is 149 Å². The number of benzene rings is 2. The van der Waals surface area contributed by atoms with E-state index in [9.17, 15) is 19.8 Å². The lowest BCUT2D eigenvalue weighted by molar-refractivity contribution is -0.259. The Hall–Kier alpha value is -2.90. The standard InChI is InChI=1S/C19H18O7/c1-19(25-7-8-26-19)13-4-2-3-12(9-13)11-24-14-5-6-15(17(20)21)16(10-14)18(22)23/h2-6,9-10H,7-8,11H2,1H3,(H,20,21)(H,22,23)/p-2. The quantitative estimate of drug-likeness (QED) is 0.728. The van der Waals surface area contributed by atoms with Crippen LogP contribution in [0.3, 0.4) is 0 Å². The van der Waals surface area contributed by atoms with Gasteiger partial charge in [0, 0.05) is 16.7 Å². The normalized spacial score (nSPS) is 15.6. The molecule has 0 aliphatic carbocycles. The number of hydrogen-bond donors (Lipinski definition) is 0. The van der Waals surface area contributed by atoms with E-state index >= 15 is 0 Å². The third kappa shape index (κ3) is 3.68. The lowest BCUT2D eigenvalue weighted by atomic mass is 10.0. The zero-order valence-electron chi connectivity index (χ0n) is 14.0. The summed E-state index contributed by atoms with van der Waals surface area (Å²) in [5.74, 6) is -3.79. The van der Waals surface area contributed by atoms with E-state index in [4.69, 9.17) is 14.2 Å². The van der Waals surface area contributed by atoms with Gasteiger partial charge in [0.1, 0.15) is 12.4 Å². The summed E-state index contributed by atoms with van der Waals surface area (Å²) in [5, 5.41) is 22.0. The summed E-state index contributed by atoms with van der Waals surface area (Å²) in [6.45, 7) is 3.04. The fourth-order valence-electron chi connectivity index (χ4n) is 2.75. The summed E-state index contributed by atoms with van der Waals surface area (Å²) in [6, 6.07) is 11.0. The molecule has 26 heavy (non-hydrogen) atoms. The highest BCUT2D eigenvalue weighted by Gasteiger charge is 2.33. The van der Waals surface area contributed by atoms with E-state index < -0.39 is 28.9 Å². The zero-order chi connectivity index (χ0) is 18.7. The first kappa shape index (κ1) is 17.9. The van der Waals surface area contributed by atoms with E-state index in [1.165, 1.54) is 6.07 Å². The van der Waals surface area contributed by atoms with Crippen molar-refractivity contribution in [1.29, 1.82) is 0 Å². The van der Waals surface area contributed by atoms with Gasteiger partial charge in [-0.25, -0.2) is 0 Å². The number of aromatic carboxylic acids is 2. The first-order chi connectivity index (χ1) is 12.4. The molecule has 2 aromatic rings. The molecule has 0 N–H and O–H groups in total. The van der Waals surface area contributed by atoms with E-state index in [0.717, 1.165) is 23.3 Å². The van der Waals surface area contributed by atoms with E-state index in [1.807, 2.05) is 31.2 Å². The van der Waals surface area contributed by atoms with Crippen LogP contribution >= 0.6 is 0 Å². The lowest BCUT2D eigenvalue weighted by Gasteiger charge is -2.23. The Morgan fingerprint density at radius 3 is 2.38 bits per heavy atom. The van der Waals surface area contributed by atoms with Crippen LogP contribution in [0.1, 0.15) is 38.8 Å². The molecular formula is C19H16O7-2. The van der Waals surface area contributed by atoms with Crippen LogP contribution in [0.25, 0.3) is 0 Å². The van der Waals surface area contributed by atoms with Gasteiger partial charge < -0.3 is 34.0 Å².